The molecule has 0 aliphatic rings. The second-order valence-corrected chi connectivity index (χ2v) is 6.16. The molecule has 2 heterocycles. The fourth-order valence-corrected chi connectivity index (χ4v) is 3.10. The molecule has 0 fully saturated rings. The first-order valence-electron chi connectivity index (χ1n) is 7.74. The van der Waals surface area contributed by atoms with Gasteiger partial charge in [-0.2, -0.15) is 16.4 Å². The van der Waals surface area contributed by atoms with Gasteiger partial charge in [0.2, 0.25) is 0 Å². The molecule has 124 valence electrons. The van der Waals surface area contributed by atoms with E-state index in [0.717, 1.165) is 5.56 Å². The van der Waals surface area contributed by atoms with E-state index in [-0.39, 0.29) is 11.9 Å². The molecule has 0 spiro atoms. The molecule has 0 saturated carbocycles. The van der Waals surface area contributed by atoms with Gasteiger partial charge in [0, 0.05) is 18.9 Å². The first-order valence-corrected chi connectivity index (χ1v) is 8.69. The Morgan fingerprint density at radius 2 is 2.12 bits per heavy atom. The molecule has 0 bridgehead atoms. The van der Waals surface area contributed by atoms with E-state index in [1.165, 1.54) is 0 Å². The number of rotatable bonds is 7. The van der Waals surface area contributed by atoms with Crippen LogP contribution in [0.1, 0.15) is 18.5 Å². The number of nitrogens with zero attached hydrogens (tertiary/aromatic N) is 2. The molecule has 5 nitrogen and oxygen atoms in total. The minimum absolute atomic E-state index is 0.0286. The highest BCUT2D eigenvalue weighted by Crippen LogP contribution is 2.19. The number of para-hydroxylation sites is 1. The molecule has 0 aliphatic heterocycles. The van der Waals surface area contributed by atoms with Crippen LogP contribution in [0.25, 0.3) is 0 Å². The van der Waals surface area contributed by atoms with Crippen LogP contribution in [0.2, 0.25) is 0 Å². The molecule has 0 unspecified atom stereocenters. The predicted octanol–water partition coefficient (Wildman–Crippen LogP) is 3.12. The summed E-state index contributed by atoms with van der Waals surface area (Å²) < 4.78 is 7.51. The highest BCUT2D eigenvalue weighted by molar-refractivity contribution is 7.07. The van der Waals surface area contributed by atoms with E-state index in [1.807, 2.05) is 58.7 Å². The molecular formula is C18H19N3O2S. The number of carbonyl (C=O) groups is 1. The lowest BCUT2D eigenvalue weighted by atomic mass is 10.1. The van der Waals surface area contributed by atoms with Crippen LogP contribution in [0.15, 0.2) is 65.6 Å². The Bertz CT molecular complexity index is 708. The summed E-state index contributed by atoms with van der Waals surface area (Å²) in [6.45, 7) is 2.20. The first-order chi connectivity index (χ1) is 11.7. The SMILES string of the molecule is C[C@H](Oc1ccccc1)C(=O)NC[C@H](c1ccsc1)n1cccn1. The molecular weight excluding hydrogens is 322 g/mol. The Morgan fingerprint density at radius 1 is 1.29 bits per heavy atom. The van der Waals surface area contributed by atoms with Gasteiger partial charge in [-0.25, -0.2) is 0 Å². The number of carbonyl (C=O) groups excluding carboxylic acids is 1. The van der Waals surface area contributed by atoms with E-state index in [4.69, 9.17) is 4.74 Å². The zero-order chi connectivity index (χ0) is 16.8. The van der Waals surface area contributed by atoms with Gasteiger partial charge >= 0.3 is 0 Å². The minimum Gasteiger partial charge on any atom is -0.481 e. The van der Waals surface area contributed by atoms with Crippen molar-refractivity contribution in [2.75, 3.05) is 6.54 Å². The summed E-state index contributed by atoms with van der Waals surface area (Å²) in [5, 5.41) is 11.4. The standard InChI is InChI=1S/C18H19N3O2S/c1-14(23-16-6-3-2-4-7-16)18(22)19-12-17(15-8-11-24-13-15)21-10-5-9-20-21/h2-11,13-14,17H,12H2,1H3,(H,19,22)/t14-,17+/m0/s1. The van der Waals surface area contributed by atoms with Crippen molar-refractivity contribution >= 4 is 17.2 Å². The van der Waals surface area contributed by atoms with E-state index in [1.54, 1.807) is 24.5 Å². The second kappa shape index (κ2) is 7.79. The van der Waals surface area contributed by atoms with E-state index in [0.29, 0.717) is 12.3 Å². The molecule has 2 aromatic heterocycles. The molecule has 6 heteroatoms. The van der Waals surface area contributed by atoms with Crippen molar-refractivity contribution in [3.63, 3.8) is 0 Å². The highest BCUT2D eigenvalue weighted by atomic mass is 32.1. The maximum Gasteiger partial charge on any atom is 0.260 e. The van der Waals surface area contributed by atoms with E-state index >= 15 is 0 Å². The van der Waals surface area contributed by atoms with Crippen LogP contribution in [0, 0.1) is 0 Å². The van der Waals surface area contributed by atoms with Gasteiger partial charge in [-0.05, 0) is 47.5 Å². The summed E-state index contributed by atoms with van der Waals surface area (Å²) in [5.74, 6) is 0.535. The topological polar surface area (TPSA) is 56.1 Å². The third-order valence-corrected chi connectivity index (χ3v) is 4.37. The first kappa shape index (κ1) is 16.3. The average Bonchev–Trinajstić information content (AvgIpc) is 3.30. The summed E-state index contributed by atoms with van der Waals surface area (Å²) in [6, 6.07) is 13.2. The van der Waals surface area contributed by atoms with Gasteiger partial charge in [0.25, 0.3) is 5.91 Å². The van der Waals surface area contributed by atoms with Gasteiger partial charge in [-0.3, -0.25) is 9.48 Å². The van der Waals surface area contributed by atoms with Gasteiger partial charge in [0.1, 0.15) is 5.75 Å². The van der Waals surface area contributed by atoms with Crippen LogP contribution in [0.3, 0.4) is 0 Å². The number of thiophene rings is 1. The van der Waals surface area contributed by atoms with Gasteiger partial charge in [0.05, 0.1) is 6.04 Å². The Hall–Kier alpha value is -2.60. The molecule has 2 atom stereocenters. The van der Waals surface area contributed by atoms with Crippen molar-refractivity contribution in [2.45, 2.75) is 19.1 Å². The average molecular weight is 341 g/mol. The number of benzene rings is 1. The predicted molar refractivity (Wildman–Crippen MR) is 94.2 cm³/mol. The summed E-state index contributed by atoms with van der Waals surface area (Å²) in [4.78, 5) is 12.3. The van der Waals surface area contributed by atoms with E-state index in [2.05, 4.69) is 15.8 Å². The molecule has 1 aromatic carbocycles. The van der Waals surface area contributed by atoms with Gasteiger partial charge in [0.15, 0.2) is 6.10 Å². The van der Waals surface area contributed by atoms with Gasteiger partial charge in [-0.15, -0.1) is 0 Å². The van der Waals surface area contributed by atoms with Crippen molar-refractivity contribution in [2.24, 2.45) is 0 Å². The third kappa shape index (κ3) is 4.02. The normalized spacial score (nSPS) is 13.2. The summed E-state index contributed by atoms with van der Waals surface area (Å²) >= 11 is 1.63. The Labute approximate surface area is 144 Å². The van der Waals surface area contributed by atoms with Crippen LogP contribution < -0.4 is 10.1 Å². The molecule has 0 saturated heterocycles. The molecule has 0 radical (unpaired) electrons. The van der Waals surface area contributed by atoms with Crippen molar-refractivity contribution < 1.29 is 9.53 Å². The molecule has 24 heavy (non-hydrogen) atoms. The maximum atomic E-state index is 12.3. The van der Waals surface area contributed by atoms with Gasteiger partial charge in [-0.1, -0.05) is 18.2 Å². The van der Waals surface area contributed by atoms with Crippen LogP contribution in [0.5, 0.6) is 5.75 Å². The Morgan fingerprint density at radius 3 is 2.79 bits per heavy atom. The smallest absolute Gasteiger partial charge is 0.260 e. The van der Waals surface area contributed by atoms with Crippen molar-refractivity contribution in [3.8, 4) is 5.75 Å². The van der Waals surface area contributed by atoms with Crippen LogP contribution >= 0.6 is 11.3 Å². The number of ether oxygens (including phenoxy) is 1. The molecule has 0 aliphatic carbocycles. The number of hydrogen-bond acceptors (Lipinski definition) is 4. The van der Waals surface area contributed by atoms with Gasteiger partial charge < -0.3 is 10.1 Å². The van der Waals surface area contributed by atoms with E-state index < -0.39 is 6.10 Å². The highest BCUT2D eigenvalue weighted by Gasteiger charge is 2.19. The largest absolute Gasteiger partial charge is 0.481 e. The van der Waals surface area contributed by atoms with Crippen molar-refractivity contribution in [1.82, 2.24) is 15.1 Å². The summed E-state index contributed by atoms with van der Waals surface area (Å²) in [6.07, 6.45) is 3.08. The molecule has 3 rings (SSSR count). The fourth-order valence-electron chi connectivity index (χ4n) is 2.39. The van der Waals surface area contributed by atoms with Crippen LogP contribution in [0.4, 0.5) is 0 Å². The number of amides is 1. The zero-order valence-electron chi connectivity index (χ0n) is 13.3. The van der Waals surface area contributed by atoms with Crippen LogP contribution in [-0.2, 0) is 4.79 Å². The summed E-state index contributed by atoms with van der Waals surface area (Å²) in [7, 11) is 0. The molecule has 3 aromatic rings. The number of nitrogens with one attached hydrogen (secondary N) is 1. The van der Waals surface area contributed by atoms with Crippen molar-refractivity contribution in [3.05, 3.63) is 71.2 Å². The lowest BCUT2D eigenvalue weighted by Gasteiger charge is -2.20. The fraction of sp³-hybridized carbons (Fsp3) is 0.222. The lowest BCUT2D eigenvalue weighted by Crippen LogP contribution is -2.39. The third-order valence-electron chi connectivity index (χ3n) is 3.67. The number of aromatic nitrogens is 2. The van der Waals surface area contributed by atoms with Crippen LogP contribution in [-0.4, -0.2) is 28.3 Å². The Kier molecular flexibility index (Phi) is 5.28. The minimum atomic E-state index is -0.562. The monoisotopic (exact) mass is 341 g/mol. The summed E-state index contributed by atoms with van der Waals surface area (Å²) in [5.41, 5.74) is 1.13. The lowest BCUT2D eigenvalue weighted by molar-refractivity contribution is -0.127. The van der Waals surface area contributed by atoms with E-state index in [9.17, 15) is 4.79 Å². The molecule has 1 N–H and O–H groups in total. The quantitative estimate of drug-likeness (QED) is 0.718. The zero-order valence-corrected chi connectivity index (χ0v) is 14.1. The Balaban J connectivity index is 1.61. The second-order valence-electron chi connectivity index (χ2n) is 5.38. The molecule has 1 amide bonds. The van der Waals surface area contributed by atoms with Crippen molar-refractivity contribution in [1.29, 1.82) is 0 Å². The maximum absolute atomic E-state index is 12.3. The number of hydrogen-bond donors (Lipinski definition) is 1.